The van der Waals surface area contributed by atoms with Crippen LogP contribution in [0.25, 0.3) is 0 Å². The molecule has 1 aliphatic heterocycles. The lowest BCUT2D eigenvalue weighted by molar-refractivity contribution is -0.0402. The summed E-state index contributed by atoms with van der Waals surface area (Å²) in [4.78, 5) is 18.9. The molecule has 0 saturated carbocycles. The van der Waals surface area contributed by atoms with Crippen LogP contribution in [0, 0.1) is 0 Å². The summed E-state index contributed by atoms with van der Waals surface area (Å²) in [6, 6.07) is 17.2. The van der Waals surface area contributed by atoms with Crippen molar-refractivity contribution in [3.63, 3.8) is 0 Å². The number of carbonyl (C=O) groups is 1. The van der Waals surface area contributed by atoms with Crippen molar-refractivity contribution in [2.24, 2.45) is 0 Å². The summed E-state index contributed by atoms with van der Waals surface area (Å²) >= 11 is 0. The zero-order chi connectivity index (χ0) is 24.8. The maximum Gasteiger partial charge on any atom is 0.338 e. The summed E-state index contributed by atoms with van der Waals surface area (Å²) < 4.78 is 22.8. The van der Waals surface area contributed by atoms with Crippen molar-refractivity contribution < 1.29 is 23.7 Å². The number of benzene rings is 2. The molecule has 4 rings (SSSR count). The Balaban J connectivity index is 1.66. The number of aromatic nitrogens is 1. The highest BCUT2D eigenvalue weighted by Crippen LogP contribution is 2.37. The number of carbonyl (C=O) groups excluding carboxylic acids is 1. The Kier molecular flexibility index (Phi) is 7.56. The predicted molar refractivity (Wildman–Crippen MR) is 134 cm³/mol. The first-order valence-electron chi connectivity index (χ1n) is 11.8. The second kappa shape index (κ2) is 10.8. The van der Waals surface area contributed by atoms with Gasteiger partial charge in [0.15, 0.2) is 17.8 Å². The van der Waals surface area contributed by atoms with E-state index in [1.807, 2.05) is 69.4 Å². The fraction of sp³-hybridized carbons (Fsp3) is 0.357. The summed E-state index contributed by atoms with van der Waals surface area (Å²) in [5, 5.41) is 0. The number of hydrogen-bond acceptors (Lipinski definition) is 7. The molecule has 3 aromatic rings. The molecule has 1 saturated heterocycles. The number of nitrogens with zero attached hydrogens (tertiary/aromatic N) is 2. The molecule has 2 heterocycles. The average molecular weight is 477 g/mol. The van der Waals surface area contributed by atoms with Crippen molar-refractivity contribution in [1.82, 2.24) is 4.98 Å². The third-order valence-electron chi connectivity index (χ3n) is 5.48. The van der Waals surface area contributed by atoms with Crippen LogP contribution >= 0.6 is 0 Å². The van der Waals surface area contributed by atoms with E-state index in [9.17, 15) is 4.79 Å². The molecule has 184 valence electrons. The normalized spacial score (nSPS) is 15.5. The highest BCUT2D eigenvalue weighted by Gasteiger charge is 2.22. The van der Waals surface area contributed by atoms with Crippen LogP contribution < -0.4 is 14.4 Å². The van der Waals surface area contributed by atoms with Gasteiger partial charge in [-0.2, -0.15) is 0 Å². The van der Waals surface area contributed by atoms with Crippen molar-refractivity contribution in [3.8, 4) is 11.5 Å². The Bertz CT molecular complexity index is 1120. The Morgan fingerprint density at radius 2 is 1.86 bits per heavy atom. The van der Waals surface area contributed by atoms with E-state index in [-0.39, 0.29) is 12.3 Å². The predicted octanol–water partition coefficient (Wildman–Crippen LogP) is 5.90. The molecule has 1 fully saturated rings. The Morgan fingerprint density at radius 3 is 2.49 bits per heavy atom. The van der Waals surface area contributed by atoms with Gasteiger partial charge < -0.3 is 23.8 Å². The molecular weight excluding hydrogens is 444 g/mol. The summed E-state index contributed by atoms with van der Waals surface area (Å²) in [7, 11) is 1.63. The SMILES string of the molecule is COc1ccc(N(Cc2cccnc2)c2ccc(C(=O)OC(C)(C)C)cc2)cc1OC1CCCO1. The molecule has 0 radical (unpaired) electrons. The van der Waals surface area contributed by atoms with Crippen molar-refractivity contribution >= 4 is 17.3 Å². The van der Waals surface area contributed by atoms with Gasteiger partial charge >= 0.3 is 5.97 Å². The molecular formula is C28H32N2O5. The van der Waals surface area contributed by atoms with Crippen LogP contribution in [0.1, 0.15) is 49.5 Å². The summed E-state index contributed by atoms with van der Waals surface area (Å²) in [5.41, 5.74) is 2.82. The van der Waals surface area contributed by atoms with E-state index in [1.54, 1.807) is 25.4 Å². The van der Waals surface area contributed by atoms with Crippen molar-refractivity contribution in [1.29, 1.82) is 0 Å². The van der Waals surface area contributed by atoms with E-state index in [0.717, 1.165) is 29.8 Å². The standard InChI is InChI=1S/C28H32N2O5/c1-28(2,3)35-27(31)21-9-11-22(12-10-21)30(19-20-7-5-15-29-18-20)23-13-14-24(32-4)25(17-23)34-26-8-6-16-33-26/h5,7,9-15,17-18,26H,6,8,16,19H2,1-4H3. The Hall–Kier alpha value is -3.58. The van der Waals surface area contributed by atoms with Gasteiger partial charge in [0.05, 0.1) is 19.3 Å². The molecule has 1 atom stereocenters. The highest BCUT2D eigenvalue weighted by molar-refractivity contribution is 5.90. The van der Waals surface area contributed by atoms with E-state index in [2.05, 4.69) is 9.88 Å². The van der Waals surface area contributed by atoms with Gasteiger partial charge in [-0.3, -0.25) is 4.98 Å². The lowest BCUT2D eigenvalue weighted by Gasteiger charge is -2.27. The molecule has 1 aliphatic rings. The lowest BCUT2D eigenvalue weighted by atomic mass is 10.1. The second-order valence-corrected chi connectivity index (χ2v) is 9.39. The third-order valence-corrected chi connectivity index (χ3v) is 5.48. The minimum absolute atomic E-state index is 0.279. The monoisotopic (exact) mass is 476 g/mol. The van der Waals surface area contributed by atoms with Gasteiger partial charge in [0.2, 0.25) is 0 Å². The molecule has 2 aromatic carbocycles. The zero-order valence-electron chi connectivity index (χ0n) is 20.7. The number of esters is 1. The van der Waals surface area contributed by atoms with Crippen molar-refractivity contribution in [2.75, 3.05) is 18.6 Å². The van der Waals surface area contributed by atoms with Crippen LogP contribution in [0.5, 0.6) is 11.5 Å². The number of anilines is 2. The molecule has 0 spiro atoms. The van der Waals surface area contributed by atoms with Gasteiger partial charge in [-0.25, -0.2) is 4.79 Å². The first-order chi connectivity index (χ1) is 16.8. The number of pyridine rings is 1. The molecule has 1 aromatic heterocycles. The molecule has 0 bridgehead atoms. The molecule has 0 N–H and O–H groups in total. The molecule has 7 nitrogen and oxygen atoms in total. The number of ether oxygens (including phenoxy) is 4. The van der Waals surface area contributed by atoms with Crippen molar-refractivity contribution in [3.05, 3.63) is 78.1 Å². The summed E-state index contributed by atoms with van der Waals surface area (Å²) in [6.07, 6.45) is 5.14. The maximum absolute atomic E-state index is 12.5. The first-order valence-corrected chi connectivity index (χ1v) is 11.8. The van der Waals surface area contributed by atoms with Gasteiger partial charge in [0, 0.05) is 42.8 Å². The van der Waals surface area contributed by atoms with E-state index >= 15 is 0 Å². The second-order valence-electron chi connectivity index (χ2n) is 9.39. The van der Waals surface area contributed by atoms with Gasteiger partial charge in [-0.15, -0.1) is 0 Å². The van der Waals surface area contributed by atoms with Crippen LogP contribution in [0.2, 0.25) is 0 Å². The van der Waals surface area contributed by atoms with Gasteiger partial charge in [-0.1, -0.05) is 6.07 Å². The average Bonchev–Trinajstić information content (AvgIpc) is 3.35. The van der Waals surface area contributed by atoms with Crippen LogP contribution in [0.4, 0.5) is 11.4 Å². The number of rotatable bonds is 8. The first kappa shape index (κ1) is 24.5. The Labute approximate surface area is 206 Å². The Morgan fingerprint density at radius 1 is 1.09 bits per heavy atom. The number of hydrogen-bond donors (Lipinski definition) is 0. The van der Waals surface area contributed by atoms with Crippen LogP contribution in [-0.4, -0.2) is 36.6 Å². The van der Waals surface area contributed by atoms with Crippen LogP contribution in [0.15, 0.2) is 67.0 Å². The fourth-order valence-corrected chi connectivity index (χ4v) is 3.83. The van der Waals surface area contributed by atoms with Gasteiger partial charge in [0.1, 0.15) is 5.60 Å². The summed E-state index contributed by atoms with van der Waals surface area (Å²) in [5.74, 6) is 0.920. The van der Waals surface area contributed by atoms with Crippen molar-refractivity contribution in [2.45, 2.75) is 52.0 Å². The summed E-state index contributed by atoms with van der Waals surface area (Å²) in [6.45, 7) is 6.84. The van der Waals surface area contributed by atoms with E-state index in [1.165, 1.54) is 0 Å². The molecule has 7 heteroatoms. The molecule has 0 aliphatic carbocycles. The zero-order valence-corrected chi connectivity index (χ0v) is 20.7. The van der Waals surface area contributed by atoms with E-state index in [0.29, 0.717) is 30.2 Å². The maximum atomic E-state index is 12.5. The minimum atomic E-state index is -0.551. The highest BCUT2D eigenvalue weighted by atomic mass is 16.7. The molecule has 1 unspecified atom stereocenters. The largest absolute Gasteiger partial charge is 0.493 e. The minimum Gasteiger partial charge on any atom is -0.493 e. The van der Waals surface area contributed by atoms with E-state index in [4.69, 9.17) is 18.9 Å². The van der Waals surface area contributed by atoms with Gasteiger partial charge in [0.25, 0.3) is 0 Å². The quantitative estimate of drug-likeness (QED) is 0.375. The topological polar surface area (TPSA) is 70.1 Å². The van der Waals surface area contributed by atoms with Crippen LogP contribution in [0.3, 0.4) is 0 Å². The lowest BCUT2D eigenvalue weighted by Crippen LogP contribution is -2.24. The number of methoxy groups -OCH3 is 1. The van der Waals surface area contributed by atoms with Gasteiger partial charge in [-0.05, 0) is 75.2 Å². The molecule has 35 heavy (non-hydrogen) atoms. The third kappa shape index (κ3) is 6.51. The smallest absolute Gasteiger partial charge is 0.338 e. The fourth-order valence-electron chi connectivity index (χ4n) is 3.83. The van der Waals surface area contributed by atoms with E-state index < -0.39 is 5.60 Å². The molecule has 0 amide bonds. The van der Waals surface area contributed by atoms with Crippen LogP contribution in [-0.2, 0) is 16.0 Å².